The minimum absolute atomic E-state index is 0.255. The number of anilines is 1. The molecule has 3 aromatic rings. The molecule has 1 saturated heterocycles. The SMILES string of the molecule is CC(C)(C)c1cc(N2CCN(C(=O)c3ccc(N=C(N)c4cccs4)cc3)C2=O)cc(C(C)(C)C)c1O. The van der Waals surface area contributed by atoms with E-state index in [-0.39, 0.29) is 35.1 Å². The number of benzene rings is 2. The van der Waals surface area contributed by atoms with Crippen LogP contribution in [-0.4, -0.2) is 40.9 Å². The van der Waals surface area contributed by atoms with Crippen LogP contribution in [0.25, 0.3) is 0 Å². The van der Waals surface area contributed by atoms with E-state index >= 15 is 0 Å². The van der Waals surface area contributed by atoms with Crippen LogP contribution in [0.3, 0.4) is 0 Å². The van der Waals surface area contributed by atoms with Gasteiger partial charge in [-0.3, -0.25) is 14.6 Å². The number of aromatic hydroxyl groups is 1. The Morgan fingerprint density at radius 3 is 2.08 bits per heavy atom. The van der Waals surface area contributed by atoms with E-state index in [9.17, 15) is 14.7 Å². The van der Waals surface area contributed by atoms with Crippen molar-refractivity contribution in [3.8, 4) is 5.75 Å². The number of hydrogen-bond acceptors (Lipinski definition) is 5. The first kappa shape index (κ1) is 26.4. The van der Waals surface area contributed by atoms with Crippen LogP contribution in [0.15, 0.2) is 58.9 Å². The molecule has 0 saturated carbocycles. The molecule has 0 spiro atoms. The molecule has 0 unspecified atom stereocenters. The lowest BCUT2D eigenvalue weighted by Gasteiger charge is -2.30. The van der Waals surface area contributed by atoms with E-state index in [0.717, 1.165) is 16.0 Å². The highest BCUT2D eigenvalue weighted by Gasteiger charge is 2.36. The highest BCUT2D eigenvalue weighted by atomic mass is 32.1. The van der Waals surface area contributed by atoms with Gasteiger partial charge in [-0.1, -0.05) is 47.6 Å². The fraction of sp³-hybridized carbons (Fsp3) is 0.345. The van der Waals surface area contributed by atoms with Crippen molar-refractivity contribution >= 4 is 40.5 Å². The van der Waals surface area contributed by atoms with Crippen molar-refractivity contribution in [1.29, 1.82) is 0 Å². The Balaban J connectivity index is 1.58. The average Bonchev–Trinajstić information content (AvgIpc) is 3.48. The number of nitrogens with two attached hydrogens (primary N) is 1. The highest BCUT2D eigenvalue weighted by Crippen LogP contribution is 2.42. The maximum Gasteiger partial charge on any atom is 0.331 e. The van der Waals surface area contributed by atoms with Crippen molar-refractivity contribution in [2.75, 3.05) is 18.0 Å². The second-order valence-electron chi connectivity index (χ2n) is 11.3. The maximum atomic E-state index is 13.4. The number of amidine groups is 1. The third kappa shape index (κ3) is 5.39. The number of rotatable bonds is 4. The van der Waals surface area contributed by atoms with Crippen LogP contribution in [0.2, 0.25) is 0 Å². The molecule has 1 fully saturated rings. The van der Waals surface area contributed by atoms with Gasteiger partial charge in [0.1, 0.15) is 11.6 Å². The number of hydrogen-bond donors (Lipinski definition) is 2. The lowest BCUT2D eigenvalue weighted by molar-refractivity contribution is 0.0830. The summed E-state index contributed by atoms with van der Waals surface area (Å²) in [6.07, 6.45) is 0. The van der Waals surface area contributed by atoms with Crippen LogP contribution in [0.1, 0.15) is 67.9 Å². The lowest BCUT2D eigenvalue weighted by Crippen LogP contribution is -2.36. The molecule has 0 atom stereocenters. The molecule has 0 bridgehead atoms. The first-order valence-corrected chi connectivity index (χ1v) is 13.1. The maximum absolute atomic E-state index is 13.4. The normalized spacial score (nSPS) is 15.0. The molecular formula is C29H34N4O3S. The van der Waals surface area contributed by atoms with Crippen molar-refractivity contribution < 1.29 is 14.7 Å². The van der Waals surface area contributed by atoms with E-state index < -0.39 is 0 Å². The summed E-state index contributed by atoms with van der Waals surface area (Å²) in [4.78, 5) is 34.8. The Morgan fingerprint density at radius 2 is 1.57 bits per heavy atom. The molecule has 3 amide bonds. The van der Waals surface area contributed by atoms with Crippen molar-refractivity contribution in [3.63, 3.8) is 0 Å². The number of urea groups is 1. The van der Waals surface area contributed by atoms with Crippen LogP contribution >= 0.6 is 11.3 Å². The summed E-state index contributed by atoms with van der Waals surface area (Å²) in [5.74, 6) is 0.309. The topological polar surface area (TPSA) is 99.2 Å². The highest BCUT2D eigenvalue weighted by molar-refractivity contribution is 7.12. The summed E-state index contributed by atoms with van der Waals surface area (Å²) in [6, 6.07) is 13.9. The lowest BCUT2D eigenvalue weighted by atomic mass is 9.79. The van der Waals surface area contributed by atoms with Gasteiger partial charge in [0.05, 0.1) is 10.6 Å². The Morgan fingerprint density at radius 1 is 0.973 bits per heavy atom. The van der Waals surface area contributed by atoms with Crippen molar-refractivity contribution in [3.05, 3.63) is 75.5 Å². The largest absolute Gasteiger partial charge is 0.507 e. The fourth-order valence-electron chi connectivity index (χ4n) is 4.34. The number of carbonyl (C=O) groups is 2. The van der Waals surface area contributed by atoms with Gasteiger partial charge in [0.25, 0.3) is 5.91 Å². The van der Waals surface area contributed by atoms with Gasteiger partial charge < -0.3 is 10.8 Å². The smallest absolute Gasteiger partial charge is 0.331 e. The predicted octanol–water partition coefficient (Wildman–Crippen LogP) is 6.17. The van der Waals surface area contributed by atoms with Gasteiger partial charge in [0.15, 0.2) is 0 Å². The number of thiophene rings is 1. The number of nitrogens with zero attached hydrogens (tertiary/aromatic N) is 3. The van der Waals surface area contributed by atoms with Crippen molar-refractivity contribution in [2.45, 2.75) is 52.4 Å². The zero-order valence-electron chi connectivity index (χ0n) is 22.2. The van der Waals surface area contributed by atoms with Crippen molar-refractivity contribution in [2.24, 2.45) is 10.7 Å². The third-order valence-corrected chi connectivity index (χ3v) is 7.31. The Labute approximate surface area is 222 Å². The molecule has 1 aromatic heterocycles. The summed E-state index contributed by atoms with van der Waals surface area (Å²) in [5.41, 5.74) is 8.67. The number of amides is 3. The molecule has 194 valence electrons. The molecule has 37 heavy (non-hydrogen) atoms. The zero-order chi connectivity index (χ0) is 27.1. The van der Waals surface area contributed by atoms with Gasteiger partial charge in [-0.2, -0.15) is 0 Å². The van der Waals surface area contributed by atoms with E-state index in [1.807, 2.05) is 71.2 Å². The molecule has 8 heteroatoms. The van der Waals surface area contributed by atoms with E-state index in [2.05, 4.69) is 4.99 Å². The molecule has 2 aromatic carbocycles. The summed E-state index contributed by atoms with van der Waals surface area (Å²) >= 11 is 1.51. The Hall–Kier alpha value is -3.65. The minimum atomic E-state index is -0.376. The van der Waals surface area contributed by atoms with Crippen LogP contribution < -0.4 is 10.6 Å². The second-order valence-corrected chi connectivity index (χ2v) is 12.2. The number of phenols is 1. The molecule has 1 aliphatic rings. The van der Waals surface area contributed by atoms with Crippen LogP contribution in [0.4, 0.5) is 16.2 Å². The van der Waals surface area contributed by atoms with Gasteiger partial charge in [-0.05, 0) is 58.7 Å². The fourth-order valence-corrected chi connectivity index (χ4v) is 4.96. The Bertz CT molecular complexity index is 1310. The number of imide groups is 1. The van der Waals surface area contributed by atoms with E-state index in [4.69, 9.17) is 5.73 Å². The van der Waals surface area contributed by atoms with Gasteiger partial charge in [-0.25, -0.2) is 9.79 Å². The van der Waals surface area contributed by atoms with E-state index in [1.165, 1.54) is 16.2 Å². The summed E-state index contributed by atoms with van der Waals surface area (Å²) in [7, 11) is 0. The van der Waals surface area contributed by atoms with Gasteiger partial charge in [-0.15, -0.1) is 11.3 Å². The summed E-state index contributed by atoms with van der Waals surface area (Å²) in [6.45, 7) is 12.8. The quantitative estimate of drug-likeness (QED) is 0.319. The summed E-state index contributed by atoms with van der Waals surface area (Å²) in [5, 5.41) is 13.0. The van der Waals surface area contributed by atoms with Gasteiger partial charge >= 0.3 is 6.03 Å². The van der Waals surface area contributed by atoms with Crippen LogP contribution in [0.5, 0.6) is 5.75 Å². The third-order valence-electron chi connectivity index (χ3n) is 6.41. The van der Waals surface area contributed by atoms with Gasteiger partial charge in [0, 0.05) is 35.5 Å². The van der Waals surface area contributed by atoms with Crippen LogP contribution in [-0.2, 0) is 10.8 Å². The molecule has 2 heterocycles. The summed E-state index contributed by atoms with van der Waals surface area (Å²) < 4.78 is 0. The second kappa shape index (κ2) is 9.67. The molecule has 0 radical (unpaired) electrons. The number of aliphatic imine (C=N–C) groups is 1. The number of carbonyl (C=O) groups excluding carboxylic acids is 2. The van der Waals surface area contributed by atoms with Crippen LogP contribution in [0, 0.1) is 0 Å². The standard InChI is InChI=1S/C29H34N4O3S/c1-28(2,3)21-16-20(17-22(24(21)34)29(4,5)6)32-13-14-33(27(32)36)26(35)18-9-11-19(12-10-18)31-25(30)23-8-7-15-37-23/h7-12,15-17,34H,13-14H2,1-6H3,(H2,30,31). The molecule has 0 aliphatic carbocycles. The van der Waals surface area contributed by atoms with E-state index in [0.29, 0.717) is 29.3 Å². The number of phenolic OH excluding ortho intramolecular Hbond substituents is 1. The molecule has 3 N–H and O–H groups in total. The zero-order valence-corrected chi connectivity index (χ0v) is 23.0. The predicted molar refractivity (Wildman–Crippen MR) is 150 cm³/mol. The monoisotopic (exact) mass is 518 g/mol. The van der Waals surface area contributed by atoms with Crippen molar-refractivity contribution in [1.82, 2.24) is 4.90 Å². The van der Waals surface area contributed by atoms with Gasteiger partial charge in [0.2, 0.25) is 0 Å². The first-order valence-electron chi connectivity index (χ1n) is 12.3. The molecule has 4 rings (SSSR count). The first-order chi connectivity index (χ1) is 17.3. The molecule has 1 aliphatic heterocycles. The van der Waals surface area contributed by atoms with E-state index in [1.54, 1.807) is 29.2 Å². The average molecular weight is 519 g/mol. The minimum Gasteiger partial charge on any atom is -0.507 e. The molecule has 7 nitrogen and oxygen atoms in total. The Kier molecular flexibility index (Phi) is 6.90. The molecular weight excluding hydrogens is 484 g/mol.